The molecule has 0 spiro atoms. The van der Waals surface area contributed by atoms with E-state index in [0.29, 0.717) is 0 Å². The molecule has 0 bridgehead atoms. The summed E-state index contributed by atoms with van der Waals surface area (Å²) >= 11 is 0. The molecule has 1 aromatic heterocycles. The van der Waals surface area contributed by atoms with Crippen LogP contribution in [0.4, 0.5) is 13.2 Å². The van der Waals surface area contributed by atoms with E-state index in [0.717, 1.165) is 0 Å². The zero-order valence-corrected chi connectivity index (χ0v) is 10.5. The molecule has 7 nitrogen and oxygen atoms in total. The molecule has 1 amide bonds. The Bertz CT molecular complexity index is 500. The third-order valence-electron chi connectivity index (χ3n) is 2.36. The number of amides is 1. The highest BCUT2D eigenvalue weighted by Crippen LogP contribution is 2.19. The summed E-state index contributed by atoms with van der Waals surface area (Å²) in [5.41, 5.74) is 5.75. The lowest BCUT2D eigenvalue weighted by molar-refractivity contribution is -0.166. The first-order valence-corrected chi connectivity index (χ1v) is 5.41. The van der Waals surface area contributed by atoms with Crippen molar-refractivity contribution in [2.45, 2.75) is 12.2 Å². The molecule has 0 radical (unpaired) electrons. The van der Waals surface area contributed by atoms with Gasteiger partial charge in [0.05, 0.1) is 6.20 Å². The van der Waals surface area contributed by atoms with Gasteiger partial charge in [-0.2, -0.15) is 18.3 Å². The first-order chi connectivity index (χ1) is 9.10. The molecular weight excluding hydrogens is 281 g/mol. The minimum atomic E-state index is -4.71. The van der Waals surface area contributed by atoms with Gasteiger partial charge in [0.15, 0.2) is 0 Å². The molecule has 1 unspecified atom stereocenters. The van der Waals surface area contributed by atoms with E-state index in [2.05, 4.69) is 5.10 Å². The molecule has 0 aliphatic rings. The van der Waals surface area contributed by atoms with Crippen LogP contribution in [-0.4, -0.2) is 50.9 Å². The van der Waals surface area contributed by atoms with Crippen LogP contribution in [0, 0.1) is 0 Å². The number of carbonyl (C=O) groups excluding carboxylic acids is 1. The number of alkyl halides is 3. The molecule has 0 saturated carbocycles. The molecule has 1 rings (SSSR count). The Morgan fingerprint density at radius 3 is 2.55 bits per heavy atom. The Kier molecular flexibility index (Phi) is 4.71. The minimum absolute atomic E-state index is 0.153. The number of nitrogens with zero attached hydrogens (tertiary/aromatic N) is 3. The predicted octanol–water partition coefficient (Wildman–Crippen LogP) is -0.105. The van der Waals surface area contributed by atoms with Crippen molar-refractivity contribution in [1.29, 1.82) is 0 Å². The molecule has 1 heterocycles. The zero-order valence-electron chi connectivity index (χ0n) is 10.5. The summed E-state index contributed by atoms with van der Waals surface area (Å²) in [6.45, 7) is -2.75. The number of nitrogens with two attached hydrogens (primary N) is 1. The van der Waals surface area contributed by atoms with Gasteiger partial charge in [0, 0.05) is 18.8 Å². The quantitative estimate of drug-likeness (QED) is 0.789. The van der Waals surface area contributed by atoms with Gasteiger partial charge in [0.1, 0.15) is 19.1 Å². The van der Waals surface area contributed by atoms with E-state index in [4.69, 9.17) is 10.8 Å². The Morgan fingerprint density at radius 2 is 2.15 bits per heavy atom. The third kappa shape index (κ3) is 4.53. The molecule has 20 heavy (non-hydrogen) atoms. The standard InChI is InChI=1S/C10H13F3N4O3/c1-16-3-6(2-15-16)8(14)9(20)17(4-7(18)19)5-10(11,12)13/h2-3,8H,4-5,14H2,1H3,(H,18,19). The van der Waals surface area contributed by atoms with Gasteiger partial charge >= 0.3 is 12.1 Å². The van der Waals surface area contributed by atoms with Crippen molar-refractivity contribution in [3.05, 3.63) is 18.0 Å². The van der Waals surface area contributed by atoms with Crippen molar-refractivity contribution in [2.75, 3.05) is 13.1 Å². The number of carboxylic acid groups (broad SMARTS) is 1. The van der Waals surface area contributed by atoms with E-state index in [1.54, 1.807) is 7.05 Å². The van der Waals surface area contributed by atoms with Crippen LogP contribution in [0.1, 0.15) is 11.6 Å². The Balaban J connectivity index is 2.89. The predicted molar refractivity (Wildman–Crippen MR) is 60.4 cm³/mol. The van der Waals surface area contributed by atoms with Gasteiger partial charge in [-0.3, -0.25) is 14.3 Å². The summed E-state index contributed by atoms with van der Waals surface area (Å²) in [5, 5.41) is 12.3. The Hall–Kier alpha value is -2.10. The maximum atomic E-state index is 12.3. The summed E-state index contributed by atoms with van der Waals surface area (Å²) in [7, 11) is 1.55. The lowest BCUT2D eigenvalue weighted by Crippen LogP contribution is -2.46. The van der Waals surface area contributed by atoms with E-state index >= 15 is 0 Å². The molecule has 1 aromatic rings. The van der Waals surface area contributed by atoms with Gasteiger partial charge in [-0.25, -0.2) is 0 Å². The maximum Gasteiger partial charge on any atom is 0.406 e. The molecule has 10 heteroatoms. The fourth-order valence-electron chi connectivity index (χ4n) is 1.53. The van der Waals surface area contributed by atoms with Crippen molar-refractivity contribution in [2.24, 2.45) is 12.8 Å². The molecule has 0 aromatic carbocycles. The van der Waals surface area contributed by atoms with Gasteiger partial charge in [-0.1, -0.05) is 0 Å². The Morgan fingerprint density at radius 1 is 1.55 bits per heavy atom. The monoisotopic (exact) mass is 294 g/mol. The largest absolute Gasteiger partial charge is 0.480 e. The fourth-order valence-corrected chi connectivity index (χ4v) is 1.53. The number of hydrogen-bond donors (Lipinski definition) is 2. The second kappa shape index (κ2) is 5.90. The van der Waals surface area contributed by atoms with E-state index in [1.807, 2.05) is 0 Å². The SMILES string of the molecule is Cn1cc(C(N)C(=O)N(CC(=O)O)CC(F)(F)F)cn1. The third-order valence-corrected chi connectivity index (χ3v) is 2.36. The van der Waals surface area contributed by atoms with Gasteiger partial charge < -0.3 is 15.7 Å². The molecule has 0 aliphatic heterocycles. The van der Waals surface area contributed by atoms with Crippen LogP contribution in [0.15, 0.2) is 12.4 Å². The molecule has 0 fully saturated rings. The van der Waals surface area contributed by atoms with E-state index < -0.39 is 37.2 Å². The molecular formula is C10H13F3N4O3. The molecule has 3 N–H and O–H groups in total. The van der Waals surface area contributed by atoms with Crippen LogP contribution < -0.4 is 5.73 Å². The minimum Gasteiger partial charge on any atom is -0.480 e. The normalized spacial score (nSPS) is 13.1. The van der Waals surface area contributed by atoms with Crippen LogP contribution in [0.3, 0.4) is 0 Å². The lowest BCUT2D eigenvalue weighted by Gasteiger charge is -2.24. The summed E-state index contributed by atoms with van der Waals surface area (Å²) in [5.74, 6) is -2.68. The van der Waals surface area contributed by atoms with Crippen LogP contribution >= 0.6 is 0 Å². The van der Waals surface area contributed by atoms with Crippen molar-refractivity contribution >= 4 is 11.9 Å². The number of halogens is 3. The van der Waals surface area contributed by atoms with E-state index in [1.165, 1.54) is 17.1 Å². The number of carbonyl (C=O) groups is 2. The van der Waals surface area contributed by atoms with E-state index in [-0.39, 0.29) is 10.5 Å². The first-order valence-electron chi connectivity index (χ1n) is 5.41. The van der Waals surface area contributed by atoms with Crippen molar-refractivity contribution < 1.29 is 27.9 Å². The summed E-state index contributed by atoms with van der Waals surface area (Å²) in [4.78, 5) is 22.6. The first kappa shape index (κ1) is 16.0. The van der Waals surface area contributed by atoms with Gasteiger partial charge in [0.25, 0.3) is 0 Å². The maximum absolute atomic E-state index is 12.3. The topological polar surface area (TPSA) is 101 Å². The molecule has 1 atom stereocenters. The summed E-state index contributed by atoms with van der Waals surface area (Å²) in [6.07, 6.45) is -2.11. The van der Waals surface area contributed by atoms with Crippen molar-refractivity contribution in [3.63, 3.8) is 0 Å². The molecule has 112 valence electrons. The van der Waals surface area contributed by atoms with E-state index in [9.17, 15) is 22.8 Å². The second-order valence-electron chi connectivity index (χ2n) is 4.13. The van der Waals surface area contributed by atoms with Crippen molar-refractivity contribution in [1.82, 2.24) is 14.7 Å². The number of hydrogen-bond acceptors (Lipinski definition) is 4. The highest BCUT2D eigenvalue weighted by molar-refractivity contribution is 5.86. The van der Waals surface area contributed by atoms with Crippen molar-refractivity contribution in [3.8, 4) is 0 Å². The van der Waals surface area contributed by atoms with Gasteiger partial charge in [-0.05, 0) is 0 Å². The number of aliphatic carboxylic acids is 1. The highest BCUT2D eigenvalue weighted by Gasteiger charge is 2.36. The van der Waals surface area contributed by atoms with Gasteiger partial charge in [0.2, 0.25) is 5.91 Å². The van der Waals surface area contributed by atoms with Crippen LogP contribution in [-0.2, 0) is 16.6 Å². The number of aromatic nitrogens is 2. The average molecular weight is 294 g/mol. The van der Waals surface area contributed by atoms with Crippen LogP contribution in [0.5, 0.6) is 0 Å². The summed E-state index contributed by atoms with van der Waals surface area (Å²) < 4.78 is 38.4. The lowest BCUT2D eigenvalue weighted by atomic mass is 10.1. The van der Waals surface area contributed by atoms with Crippen LogP contribution in [0.25, 0.3) is 0 Å². The average Bonchev–Trinajstić information content (AvgIpc) is 2.70. The smallest absolute Gasteiger partial charge is 0.406 e. The molecule has 0 saturated heterocycles. The van der Waals surface area contributed by atoms with Crippen LogP contribution in [0.2, 0.25) is 0 Å². The Labute approximate surface area is 111 Å². The van der Waals surface area contributed by atoms with Gasteiger partial charge in [-0.15, -0.1) is 0 Å². The second-order valence-corrected chi connectivity index (χ2v) is 4.13. The summed E-state index contributed by atoms with van der Waals surface area (Å²) in [6, 6.07) is -1.40. The fraction of sp³-hybridized carbons (Fsp3) is 0.500. The highest BCUT2D eigenvalue weighted by atomic mass is 19.4. The number of carboxylic acids is 1. The zero-order chi connectivity index (χ0) is 15.5. The number of rotatable bonds is 5. The molecule has 0 aliphatic carbocycles. The number of aryl methyl sites for hydroxylation is 1.